The lowest BCUT2D eigenvalue weighted by Gasteiger charge is -2.42. The first-order valence-corrected chi connectivity index (χ1v) is 13.8. The highest BCUT2D eigenvalue weighted by atomic mass is 35.5. The maximum atomic E-state index is 13.2. The third-order valence-corrected chi connectivity index (χ3v) is 7.79. The maximum absolute atomic E-state index is 13.2. The molecule has 2 aliphatic heterocycles. The zero-order valence-electron chi connectivity index (χ0n) is 21.8. The number of ether oxygens (including phenoxy) is 1. The first kappa shape index (κ1) is 27.7. The Hall–Kier alpha value is -2.35. The van der Waals surface area contributed by atoms with Crippen molar-refractivity contribution in [2.45, 2.75) is 76.5 Å². The topological polar surface area (TPSA) is 74.8 Å². The van der Waals surface area contributed by atoms with Crippen LogP contribution in [0.15, 0.2) is 42.6 Å². The van der Waals surface area contributed by atoms with E-state index in [1.54, 1.807) is 6.20 Å². The van der Waals surface area contributed by atoms with E-state index in [0.717, 1.165) is 50.9 Å². The number of carbonyl (C=O) groups is 2. The monoisotopic (exact) mass is 546 g/mol. The molecule has 0 saturated carbocycles. The van der Waals surface area contributed by atoms with Crippen LogP contribution in [0, 0.1) is 0 Å². The summed E-state index contributed by atoms with van der Waals surface area (Å²) in [5.74, 6) is 0.906. The second kappa shape index (κ2) is 12.0. The van der Waals surface area contributed by atoms with Gasteiger partial charge in [0.05, 0.1) is 10.0 Å². The molecule has 1 unspecified atom stereocenters. The molecular weight excluding hydrogens is 511 g/mol. The maximum Gasteiger partial charge on any atom is 0.407 e. The van der Waals surface area contributed by atoms with Crippen LogP contribution in [-0.4, -0.2) is 59.2 Å². The number of alkyl carbamates (subject to hydrolysis) is 1. The number of halogens is 2. The number of benzene rings is 1. The number of likely N-dealkylation sites (tertiary alicyclic amines) is 1. The minimum absolute atomic E-state index is 0.0500. The molecule has 4 rings (SSSR count). The molecule has 200 valence electrons. The number of hydrogen-bond donors (Lipinski definition) is 1. The van der Waals surface area contributed by atoms with Crippen molar-refractivity contribution in [3.63, 3.8) is 0 Å². The highest BCUT2D eigenvalue weighted by Crippen LogP contribution is 2.39. The predicted molar refractivity (Wildman–Crippen MR) is 147 cm³/mol. The summed E-state index contributed by atoms with van der Waals surface area (Å²) in [5.41, 5.74) is 0.583. The lowest BCUT2D eigenvalue weighted by molar-refractivity contribution is -0.120. The fraction of sp³-hybridized carbons (Fsp3) is 0.536. The van der Waals surface area contributed by atoms with Crippen LogP contribution in [0.1, 0.15) is 64.4 Å². The minimum atomic E-state index is -0.507. The van der Waals surface area contributed by atoms with E-state index in [0.29, 0.717) is 22.3 Å². The quantitative estimate of drug-likeness (QED) is 0.477. The summed E-state index contributed by atoms with van der Waals surface area (Å²) >= 11 is 12.6. The molecule has 2 atom stereocenters. The van der Waals surface area contributed by atoms with E-state index in [1.807, 2.05) is 62.1 Å². The first-order chi connectivity index (χ1) is 17.6. The summed E-state index contributed by atoms with van der Waals surface area (Å²) in [6.45, 7) is 8.20. The van der Waals surface area contributed by atoms with Gasteiger partial charge in [0.1, 0.15) is 11.4 Å². The van der Waals surface area contributed by atoms with Gasteiger partial charge in [0, 0.05) is 50.3 Å². The molecular formula is C28H36Cl2N4O3. The zero-order chi connectivity index (χ0) is 26.6. The molecule has 2 aromatic rings. The van der Waals surface area contributed by atoms with E-state index in [4.69, 9.17) is 27.9 Å². The fourth-order valence-corrected chi connectivity index (χ4v) is 5.61. The Bertz CT molecular complexity index is 1080. The van der Waals surface area contributed by atoms with Crippen LogP contribution in [-0.2, 0) is 9.53 Å². The largest absolute Gasteiger partial charge is 0.444 e. The Labute approximate surface area is 229 Å². The average molecular weight is 548 g/mol. The average Bonchev–Trinajstić information content (AvgIpc) is 2.85. The number of pyridine rings is 1. The Morgan fingerprint density at radius 3 is 2.51 bits per heavy atom. The van der Waals surface area contributed by atoms with Crippen molar-refractivity contribution in [2.24, 2.45) is 0 Å². The van der Waals surface area contributed by atoms with Crippen molar-refractivity contribution in [3.05, 3.63) is 58.2 Å². The molecule has 7 nitrogen and oxygen atoms in total. The van der Waals surface area contributed by atoms with E-state index in [1.165, 1.54) is 0 Å². The van der Waals surface area contributed by atoms with E-state index in [9.17, 15) is 9.59 Å². The van der Waals surface area contributed by atoms with Crippen LogP contribution in [0.2, 0.25) is 10.0 Å². The SMILES string of the molecule is CC(C)(C)OC(=O)NC1CCN(CCC2[C@H](c3ccc(Cl)c(Cl)c3)CCC(=O)N2c2ccccn2)CC1. The minimum Gasteiger partial charge on any atom is -0.444 e. The number of piperidine rings is 2. The van der Waals surface area contributed by atoms with Crippen molar-refractivity contribution in [1.82, 2.24) is 15.2 Å². The van der Waals surface area contributed by atoms with Gasteiger partial charge in [-0.05, 0) is 76.3 Å². The molecule has 1 N–H and O–H groups in total. The lowest BCUT2D eigenvalue weighted by Crippen LogP contribution is -2.51. The molecule has 2 aliphatic rings. The molecule has 9 heteroatoms. The second-order valence-electron chi connectivity index (χ2n) is 10.9. The number of hydrogen-bond acceptors (Lipinski definition) is 5. The Morgan fingerprint density at radius 2 is 1.86 bits per heavy atom. The smallest absolute Gasteiger partial charge is 0.407 e. The Kier molecular flexibility index (Phi) is 8.98. The Balaban J connectivity index is 1.44. The van der Waals surface area contributed by atoms with Gasteiger partial charge in [-0.1, -0.05) is 35.3 Å². The molecule has 2 amide bonds. The van der Waals surface area contributed by atoms with Crippen LogP contribution in [0.25, 0.3) is 0 Å². The van der Waals surface area contributed by atoms with Crippen molar-refractivity contribution >= 4 is 41.0 Å². The molecule has 2 fully saturated rings. The highest BCUT2D eigenvalue weighted by molar-refractivity contribution is 6.42. The molecule has 1 aromatic heterocycles. The summed E-state index contributed by atoms with van der Waals surface area (Å²) in [6, 6.07) is 11.5. The number of amides is 2. The molecule has 0 spiro atoms. The number of anilines is 1. The molecule has 2 saturated heterocycles. The number of nitrogens with one attached hydrogen (secondary N) is 1. The van der Waals surface area contributed by atoms with Gasteiger partial charge in [-0.15, -0.1) is 0 Å². The van der Waals surface area contributed by atoms with Gasteiger partial charge >= 0.3 is 6.09 Å². The van der Waals surface area contributed by atoms with Gasteiger partial charge in [-0.3, -0.25) is 9.69 Å². The van der Waals surface area contributed by atoms with Gasteiger partial charge in [0.15, 0.2) is 0 Å². The van der Waals surface area contributed by atoms with Gasteiger partial charge in [-0.25, -0.2) is 9.78 Å². The van der Waals surface area contributed by atoms with E-state index in [2.05, 4.69) is 15.2 Å². The molecule has 0 aliphatic carbocycles. The lowest BCUT2D eigenvalue weighted by atomic mass is 9.81. The van der Waals surface area contributed by atoms with E-state index >= 15 is 0 Å². The number of nitrogens with zero attached hydrogens (tertiary/aromatic N) is 3. The summed E-state index contributed by atoms with van der Waals surface area (Å²) in [6.07, 6.45) is 5.11. The molecule has 37 heavy (non-hydrogen) atoms. The summed E-state index contributed by atoms with van der Waals surface area (Å²) in [7, 11) is 0. The van der Waals surface area contributed by atoms with E-state index < -0.39 is 5.60 Å². The van der Waals surface area contributed by atoms with Crippen LogP contribution in [0.5, 0.6) is 0 Å². The van der Waals surface area contributed by atoms with Crippen LogP contribution in [0.4, 0.5) is 10.6 Å². The summed E-state index contributed by atoms with van der Waals surface area (Å²) in [4.78, 5) is 34.1. The summed E-state index contributed by atoms with van der Waals surface area (Å²) in [5, 5.41) is 4.05. The van der Waals surface area contributed by atoms with Crippen LogP contribution >= 0.6 is 23.2 Å². The van der Waals surface area contributed by atoms with Gasteiger partial charge in [-0.2, -0.15) is 0 Å². The second-order valence-corrected chi connectivity index (χ2v) is 11.7. The molecule has 0 radical (unpaired) electrons. The van der Waals surface area contributed by atoms with E-state index in [-0.39, 0.29) is 30.0 Å². The van der Waals surface area contributed by atoms with Crippen molar-refractivity contribution in [1.29, 1.82) is 0 Å². The third kappa shape index (κ3) is 7.37. The third-order valence-electron chi connectivity index (χ3n) is 7.05. The van der Waals surface area contributed by atoms with Crippen molar-refractivity contribution in [2.75, 3.05) is 24.5 Å². The number of rotatable bonds is 6. The van der Waals surface area contributed by atoms with Gasteiger partial charge in [0.25, 0.3) is 0 Å². The van der Waals surface area contributed by atoms with Crippen molar-refractivity contribution < 1.29 is 14.3 Å². The number of carbonyl (C=O) groups excluding carboxylic acids is 2. The molecule has 1 aromatic carbocycles. The summed E-state index contributed by atoms with van der Waals surface area (Å²) < 4.78 is 5.40. The van der Waals surface area contributed by atoms with Crippen molar-refractivity contribution in [3.8, 4) is 0 Å². The van der Waals surface area contributed by atoms with Gasteiger partial charge in [0.2, 0.25) is 5.91 Å². The van der Waals surface area contributed by atoms with Gasteiger partial charge < -0.3 is 15.0 Å². The first-order valence-electron chi connectivity index (χ1n) is 13.0. The fourth-order valence-electron chi connectivity index (χ4n) is 5.30. The standard InChI is InChI=1S/C28H36Cl2N4O3/c1-28(2,3)37-27(36)32-20-11-15-33(16-12-20)17-13-24-21(19-7-9-22(29)23(30)18-19)8-10-26(35)34(24)25-6-4-5-14-31-25/h4-7,9,14,18,20-21,24H,8,10-13,15-17H2,1-3H3,(H,32,36)/t21-,24?/m0/s1. The normalized spacial score (nSPS) is 21.6. The molecule has 3 heterocycles. The Morgan fingerprint density at radius 1 is 1.11 bits per heavy atom. The predicted octanol–water partition coefficient (Wildman–Crippen LogP) is 6.05. The molecule has 0 bridgehead atoms. The zero-order valence-corrected chi connectivity index (χ0v) is 23.3. The van der Waals surface area contributed by atoms with Crippen LogP contribution in [0.3, 0.4) is 0 Å². The number of aromatic nitrogens is 1. The highest BCUT2D eigenvalue weighted by Gasteiger charge is 2.38. The van der Waals surface area contributed by atoms with Crippen LogP contribution < -0.4 is 10.2 Å².